The highest BCUT2D eigenvalue weighted by Gasteiger charge is 2.56. The van der Waals surface area contributed by atoms with Gasteiger partial charge in [-0.15, -0.1) is 11.8 Å². The van der Waals surface area contributed by atoms with Crippen molar-refractivity contribution < 1.29 is 14.7 Å². The number of benzene rings is 1. The van der Waals surface area contributed by atoms with E-state index in [1.807, 2.05) is 4.90 Å². The molecule has 0 bridgehead atoms. The van der Waals surface area contributed by atoms with Crippen LogP contribution < -0.4 is 5.32 Å². The fourth-order valence-electron chi connectivity index (χ4n) is 4.43. The summed E-state index contributed by atoms with van der Waals surface area (Å²) in [5.41, 5.74) is 0.783. The molecular formula is C23H32N4O3S3. The van der Waals surface area contributed by atoms with Crippen LogP contribution in [0, 0.1) is 5.92 Å². The van der Waals surface area contributed by atoms with Crippen molar-refractivity contribution in [3.05, 3.63) is 29.8 Å². The van der Waals surface area contributed by atoms with E-state index in [4.69, 9.17) is 12.2 Å². The molecule has 3 saturated heterocycles. The van der Waals surface area contributed by atoms with Gasteiger partial charge in [0.2, 0.25) is 11.8 Å². The molecule has 1 aromatic carbocycles. The summed E-state index contributed by atoms with van der Waals surface area (Å²) in [7, 11) is 0. The van der Waals surface area contributed by atoms with E-state index >= 15 is 0 Å². The summed E-state index contributed by atoms with van der Waals surface area (Å²) >= 11 is 8.88. The SMILES string of the molecule is CC(C)CCN1CN(C(C(=O)NC2C(=O)N3CC(C)(C)SC23)c2ccc(O)cc2)CSC1=S. The summed E-state index contributed by atoms with van der Waals surface area (Å²) in [6, 6.07) is 5.66. The second kappa shape index (κ2) is 9.64. The number of β-lactam (4-membered cyclic amide) rings is 1. The van der Waals surface area contributed by atoms with E-state index in [2.05, 4.69) is 42.8 Å². The average Bonchev–Trinajstić information content (AvgIpc) is 3.05. The van der Waals surface area contributed by atoms with Gasteiger partial charge in [-0.25, -0.2) is 0 Å². The topological polar surface area (TPSA) is 76.1 Å². The maximum atomic E-state index is 13.6. The second-order valence-corrected chi connectivity index (χ2v) is 13.3. The van der Waals surface area contributed by atoms with Gasteiger partial charge < -0.3 is 20.2 Å². The number of fused-ring (bicyclic) bond motifs is 1. The predicted octanol–water partition coefficient (Wildman–Crippen LogP) is 3.21. The third-order valence-electron chi connectivity index (χ3n) is 6.19. The Morgan fingerprint density at radius 2 is 2.00 bits per heavy atom. The fraction of sp³-hybridized carbons (Fsp3) is 0.609. The molecule has 0 saturated carbocycles. The summed E-state index contributed by atoms with van der Waals surface area (Å²) < 4.78 is 0.845. The molecule has 0 radical (unpaired) electrons. The van der Waals surface area contributed by atoms with Crippen molar-refractivity contribution in [1.29, 1.82) is 0 Å². The number of rotatable bonds is 7. The molecule has 10 heteroatoms. The molecule has 7 nitrogen and oxygen atoms in total. The minimum absolute atomic E-state index is 0.00766. The van der Waals surface area contributed by atoms with Crippen molar-refractivity contribution in [1.82, 2.24) is 20.0 Å². The lowest BCUT2D eigenvalue weighted by Gasteiger charge is -2.44. The van der Waals surface area contributed by atoms with Gasteiger partial charge in [0, 0.05) is 17.8 Å². The van der Waals surface area contributed by atoms with E-state index in [0.717, 1.165) is 22.8 Å². The first-order chi connectivity index (χ1) is 15.6. The lowest BCUT2D eigenvalue weighted by Crippen LogP contribution is -2.68. The molecule has 0 spiro atoms. The van der Waals surface area contributed by atoms with Gasteiger partial charge in [-0.3, -0.25) is 14.5 Å². The molecule has 3 atom stereocenters. The highest BCUT2D eigenvalue weighted by molar-refractivity contribution is 8.22. The summed E-state index contributed by atoms with van der Waals surface area (Å²) in [6.45, 7) is 10.7. The molecule has 180 valence electrons. The lowest BCUT2D eigenvalue weighted by molar-refractivity contribution is -0.148. The van der Waals surface area contributed by atoms with E-state index < -0.39 is 12.1 Å². The predicted molar refractivity (Wildman–Crippen MR) is 138 cm³/mol. The smallest absolute Gasteiger partial charge is 0.249 e. The van der Waals surface area contributed by atoms with Crippen LogP contribution in [0.3, 0.4) is 0 Å². The van der Waals surface area contributed by atoms with Gasteiger partial charge in [0.05, 0.1) is 12.5 Å². The Bertz CT molecular complexity index is 924. The van der Waals surface area contributed by atoms with Gasteiger partial charge in [-0.05, 0) is 43.9 Å². The van der Waals surface area contributed by atoms with Crippen LogP contribution >= 0.6 is 35.7 Å². The molecule has 1 aromatic rings. The number of hydrogen-bond acceptors (Lipinski definition) is 7. The van der Waals surface area contributed by atoms with Crippen LogP contribution in [-0.4, -0.2) is 77.7 Å². The first-order valence-electron chi connectivity index (χ1n) is 11.3. The molecule has 3 heterocycles. The summed E-state index contributed by atoms with van der Waals surface area (Å²) in [5, 5.41) is 12.8. The number of thioether (sulfide) groups is 2. The number of thiocarbonyl (C=S) groups is 1. The van der Waals surface area contributed by atoms with E-state index in [9.17, 15) is 14.7 Å². The van der Waals surface area contributed by atoms with Crippen molar-refractivity contribution in [3.8, 4) is 5.75 Å². The van der Waals surface area contributed by atoms with Crippen LogP contribution in [0.4, 0.5) is 0 Å². The van der Waals surface area contributed by atoms with Crippen LogP contribution in [-0.2, 0) is 9.59 Å². The van der Waals surface area contributed by atoms with E-state index in [-0.39, 0.29) is 27.7 Å². The van der Waals surface area contributed by atoms with Gasteiger partial charge in [-0.2, -0.15) is 0 Å². The van der Waals surface area contributed by atoms with Gasteiger partial charge in [0.25, 0.3) is 0 Å². The first-order valence-corrected chi connectivity index (χ1v) is 13.6. The zero-order chi connectivity index (χ0) is 23.9. The number of nitrogens with one attached hydrogen (secondary N) is 1. The second-order valence-electron chi connectivity index (χ2n) is 9.93. The van der Waals surface area contributed by atoms with E-state index in [1.54, 1.807) is 47.8 Å². The third-order valence-corrected chi connectivity index (χ3v) is 9.31. The van der Waals surface area contributed by atoms with Crippen LogP contribution in [0.2, 0.25) is 0 Å². The Hall–Kier alpha value is -1.49. The molecule has 2 N–H and O–H groups in total. The molecule has 2 amide bonds. The van der Waals surface area contributed by atoms with Gasteiger partial charge >= 0.3 is 0 Å². The van der Waals surface area contributed by atoms with Gasteiger partial charge in [0.1, 0.15) is 27.5 Å². The lowest BCUT2D eigenvalue weighted by atomic mass is 10.0. The van der Waals surface area contributed by atoms with Crippen LogP contribution in [0.25, 0.3) is 0 Å². The highest BCUT2D eigenvalue weighted by atomic mass is 32.2. The number of aromatic hydroxyl groups is 1. The molecule has 3 aliphatic rings. The van der Waals surface area contributed by atoms with Crippen LogP contribution in [0.5, 0.6) is 5.75 Å². The zero-order valence-electron chi connectivity index (χ0n) is 19.5. The highest BCUT2D eigenvalue weighted by Crippen LogP contribution is 2.46. The Morgan fingerprint density at radius 1 is 1.30 bits per heavy atom. The standard InChI is InChI=1S/C23H32N4O3S3/c1-14(2)9-10-25-12-26(13-32-22(25)31)18(15-5-7-16(28)8-6-15)19(29)24-17-20(30)27-11-23(3,4)33-21(17)27/h5-8,14,17-18,21,28H,9-13H2,1-4H3,(H,24,29). The molecule has 0 aromatic heterocycles. The zero-order valence-corrected chi connectivity index (χ0v) is 21.9. The van der Waals surface area contributed by atoms with Crippen LogP contribution in [0.15, 0.2) is 24.3 Å². The fourth-order valence-corrected chi connectivity index (χ4v) is 7.07. The molecule has 4 rings (SSSR count). The number of carbonyl (C=O) groups is 2. The number of nitrogens with zero attached hydrogens (tertiary/aromatic N) is 3. The molecule has 3 unspecified atom stereocenters. The van der Waals surface area contributed by atoms with Crippen molar-refractivity contribution >= 4 is 51.9 Å². The van der Waals surface area contributed by atoms with Gasteiger partial charge in [0.15, 0.2) is 0 Å². The maximum absolute atomic E-state index is 13.6. The van der Waals surface area contributed by atoms with Crippen molar-refractivity contribution in [2.75, 3.05) is 25.6 Å². The largest absolute Gasteiger partial charge is 0.508 e. The Kier molecular flexibility index (Phi) is 7.19. The monoisotopic (exact) mass is 508 g/mol. The van der Waals surface area contributed by atoms with Crippen molar-refractivity contribution in [2.45, 2.75) is 56.3 Å². The van der Waals surface area contributed by atoms with Crippen LogP contribution in [0.1, 0.15) is 45.7 Å². The minimum Gasteiger partial charge on any atom is -0.508 e. The molecule has 3 aliphatic heterocycles. The molecule has 33 heavy (non-hydrogen) atoms. The molecule has 3 fully saturated rings. The quantitative estimate of drug-likeness (QED) is 0.430. The Balaban J connectivity index is 1.53. The number of carbonyl (C=O) groups excluding carboxylic acids is 2. The third kappa shape index (κ3) is 5.28. The first kappa shape index (κ1) is 24.6. The number of hydrogen-bond donors (Lipinski definition) is 2. The maximum Gasteiger partial charge on any atom is 0.249 e. The Morgan fingerprint density at radius 3 is 2.67 bits per heavy atom. The van der Waals surface area contributed by atoms with Crippen molar-refractivity contribution in [3.63, 3.8) is 0 Å². The average molecular weight is 509 g/mol. The summed E-state index contributed by atoms with van der Waals surface area (Å²) in [6.07, 6.45) is 1.02. The Labute approximate surface area is 209 Å². The number of amides is 2. The summed E-state index contributed by atoms with van der Waals surface area (Å²) in [5.74, 6) is 1.10. The number of phenols is 1. The van der Waals surface area contributed by atoms with Gasteiger partial charge in [-0.1, -0.05) is 50.0 Å². The molecule has 0 aliphatic carbocycles. The molecular weight excluding hydrogens is 476 g/mol. The summed E-state index contributed by atoms with van der Waals surface area (Å²) in [4.78, 5) is 32.4. The van der Waals surface area contributed by atoms with Crippen molar-refractivity contribution in [2.24, 2.45) is 5.92 Å². The number of phenolic OH excluding ortho intramolecular Hbond substituents is 1. The van der Waals surface area contributed by atoms with E-state index in [1.165, 1.54) is 0 Å². The minimum atomic E-state index is -0.580. The van der Waals surface area contributed by atoms with E-state index in [0.29, 0.717) is 25.0 Å². The normalized spacial score (nSPS) is 25.7.